The second kappa shape index (κ2) is 5.02. The number of nitrogens with zero attached hydrogens (tertiary/aromatic N) is 1. The molecule has 0 spiro atoms. The number of aliphatic carboxylic acids is 1. The van der Waals surface area contributed by atoms with E-state index in [1.165, 1.54) is 11.8 Å². The van der Waals surface area contributed by atoms with Crippen molar-refractivity contribution in [3.05, 3.63) is 0 Å². The third kappa shape index (κ3) is 2.86. The quantitative estimate of drug-likeness (QED) is 0.650. The molecular formula is C7H11NO6S2. The van der Waals surface area contributed by atoms with Crippen molar-refractivity contribution >= 4 is 33.7 Å². The van der Waals surface area contributed by atoms with Gasteiger partial charge in [-0.1, -0.05) is 0 Å². The molecule has 92 valence electrons. The Morgan fingerprint density at radius 1 is 1.56 bits per heavy atom. The van der Waals surface area contributed by atoms with Crippen LogP contribution in [0.2, 0.25) is 0 Å². The zero-order valence-electron chi connectivity index (χ0n) is 8.45. The molecule has 0 saturated carbocycles. The number of carboxylic acids is 1. The minimum Gasteiger partial charge on any atom is -0.480 e. The summed E-state index contributed by atoms with van der Waals surface area (Å²) in [5.74, 6) is -2.70. The fourth-order valence-corrected chi connectivity index (χ4v) is 4.29. The lowest BCUT2D eigenvalue weighted by Crippen LogP contribution is -2.44. The van der Waals surface area contributed by atoms with Crippen LogP contribution >= 0.6 is 11.8 Å². The number of hydrogen-bond donors (Lipinski definition) is 1. The van der Waals surface area contributed by atoms with Crippen molar-refractivity contribution in [2.45, 2.75) is 6.04 Å². The zero-order valence-corrected chi connectivity index (χ0v) is 10.1. The molecule has 0 amide bonds. The van der Waals surface area contributed by atoms with Gasteiger partial charge in [-0.25, -0.2) is 8.42 Å². The van der Waals surface area contributed by atoms with Gasteiger partial charge < -0.3 is 9.84 Å². The maximum atomic E-state index is 11.7. The molecule has 1 atom stereocenters. The molecule has 1 aliphatic rings. The number of thioether (sulfide) groups is 1. The Balaban J connectivity index is 2.83. The summed E-state index contributed by atoms with van der Waals surface area (Å²) in [4.78, 5) is 21.7. The molecule has 1 N–H and O–H groups in total. The molecule has 1 heterocycles. The van der Waals surface area contributed by atoms with Crippen molar-refractivity contribution in [1.29, 1.82) is 0 Å². The lowest BCUT2D eigenvalue weighted by atomic mass is 10.4. The van der Waals surface area contributed by atoms with Gasteiger partial charge in [0.25, 0.3) is 0 Å². The standard InChI is InChI=1S/C7H11NO6S2/c1-14-6(9)3-16(12,13)8-4-15-2-5(8)7(10)11/h5H,2-4H2,1H3,(H,10,11)/t5-/m0/s1. The van der Waals surface area contributed by atoms with Gasteiger partial charge in [0.2, 0.25) is 10.0 Å². The predicted octanol–water partition coefficient (Wildman–Crippen LogP) is -1.05. The Morgan fingerprint density at radius 2 is 2.19 bits per heavy atom. The van der Waals surface area contributed by atoms with Crippen LogP contribution < -0.4 is 0 Å². The van der Waals surface area contributed by atoms with E-state index >= 15 is 0 Å². The molecule has 0 aromatic rings. The molecule has 1 aliphatic heterocycles. The maximum absolute atomic E-state index is 11.7. The van der Waals surface area contributed by atoms with Crippen LogP contribution in [0, 0.1) is 0 Å². The minimum absolute atomic E-state index is 0.0519. The monoisotopic (exact) mass is 269 g/mol. The molecule has 1 saturated heterocycles. The van der Waals surface area contributed by atoms with Crippen LogP contribution in [0.3, 0.4) is 0 Å². The molecule has 0 radical (unpaired) electrons. The smallest absolute Gasteiger partial charge is 0.322 e. The summed E-state index contributed by atoms with van der Waals surface area (Å²) < 4.78 is 28.4. The van der Waals surface area contributed by atoms with Gasteiger partial charge in [-0.15, -0.1) is 11.8 Å². The number of ether oxygens (including phenoxy) is 1. The number of rotatable bonds is 4. The van der Waals surface area contributed by atoms with Gasteiger partial charge in [-0.2, -0.15) is 4.31 Å². The van der Waals surface area contributed by atoms with Crippen molar-refractivity contribution < 1.29 is 27.9 Å². The summed E-state index contributed by atoms with van der Waals surface area (Å²) >= 11 is 1.19. The van der Waals surface area contributed by atoms with Crippen molar-refractivity contribution in [1.82, 2.24) is 4.31 Å². The van der Waals surface area contributed by atoms with Gasteiger partial charge in [0.05, 0.1) is 13.0 Å². The highest BCUT2D eigenvalue weighted by Crippen LogP contribution is 2.24. The lowest BCUT2D eigenvalue weighted by Gasteiger charge is -2.18. The molecular weight excluding hydrogens is 258 g/mol. The molecule has 0 unspecified atom stereocenters. The number of esters is 1. The highest BCUT2D eigenvalue weighted by atomic mass is 32.2. The fraction of sp³-hybridized carbons (Fsp3) is 0.714. The second-order valence-electron chi connectivity index (χ2n) is 3.07. The molecule has 0 bridgehead atoms. The maximum Gasteiger partial charge on any atom is 0.322 e. The SMILES string of the molecule is COC(=O)CS(=O)(=O)N1CSC[C@H]1C(=O)O. The minimum atomic E-state index is -3.91. The Morgan fingerprint density at radius 3 is 2.69 bits per heavy atom. The van der Waals surface area contributed by atoms with E-state index in [9.17, 15) is 18.0 Å². The van der Waals surface area contributed by atoms with Crippen molar-refractivity contribution in [3.63, 3.8) is 0 Å². The first-order valence-corrected chi connectivity index (χ1v) is 7.01. The van der Waals surface area contributed by atoms with Crippen LogP contribution in [0.15, 0.2) is 0 Å². The number of carbonyl (C=O) groups excluding carboxylic acids is 1. The van der Waals surface area contributed by atoms with Gasteiger partial charge in [0, 0.05) is 5.75 Å². The topological polar surface area (TPSA) is 101 Å². The highest BCUT2D eigenvalue weighted by Gasteiger charge is 2.40. The molecule has 0 aliphatic carbocycles. The highest BCUT2D eigenvalue weighted by molar-refractivity contribution is 8.00. The van der Waals surface area contributed by atoms with E-state index in [2.05, 4.69) is 4.74 Å². The van der Waals surface area contributed by atoms with E-state index in [0.717, 1.165) is 11.4 Å². The summed E-state index contributed by atoms with van der Waals surface area (Å²) in [5.41, 5.74) is 0. The average Bonchev–Trinajstić information content (AvgIpc) is 2.65. The van der Waals surface area contributed by atoms with Crippen LogP contribution in [0.5, 0.6) is 0 Å². The average molecular weight is 269 g/mol. The molecule has 1 fully saturated rings. The molecule has 9 heteroatoms. The first-order chi connectivity index (χ1) is 7.38. The Kier molecular flexibility index (Phi) is 4.16. The van der Waals surface area contributed by atoms with Crippen molar-refractivity contribution in [3.8, 4) is 0 Å². The molecule has 1 rings (SSSR count). The van der Waals surface area contributed by atoms with E-state index in [1.807, 2.05) is 0 Å². The van der Waals surface area contributed by atoms with Crippen LogP contribution in [-0.2, 0) is 24.3 Å². The Labute approximate surface area is 96.8 Å². The number of hydrogen-bond acceptors (Lipinski definition) is 6. The van der Waals surface area contributed by atoms with E-state index in [4.69, 9.17) is 5.11 Å². The number of sulfonamides is 1. The van der Waals surface area contributed by atoms with Gasteiger partial charge in [-0.3, -0.25) is 9.59 Å². The first-order valence-electron chi connectivity index (χ1n) is 4.25. The Hall–Kier alpha value is -0.800. The number of carboxylic acid groups (broad SMARTS) is 1. The van der Waals surface area contributed by atoms with E-state index < -0.39 is 33.8 Å². The third-order valence-electron chi connectivity index (χ3n) is 2.01. The lowest BCUT2D eigenvalue weighted by molar-refractivity contribution is -0.141. The second-order valence-corrected chi connectivity index (χ2v) is 5.99. The molecule has 16 heavy (non-hydrogen) atoms. The van der Waals surface area contributed by atoms with E-state index in [-0.39, 0.29) is 11.6 Å². The zero-order chi connectivity index (χ0) is 12.3. The first kappa shape index (κ1) is 13.3. The number of carbonyl (C=O) groups is 2. The largest absolute Gasteiger partial charge is 0.480 e. The fourth-order valence-electron chi connectivity index (χ4n) is 1.19. The normalized spacial score (nSPS) is 21.9. The van der Waals surface area contributed by atoms with E-state index in [1.54, 1.807) is 0 Å². The summed E-state index contributed by atoms with van der Waals surface area (Å²) in [5, 5.41) is 8.80. The molecule has 7 nitrogen and oxygen atoms in total. The van der Waals surface area contributed by atoms with Crippen molar-refractivity contribution in [2.24, 2.45) is 0 Å². The van der Waals surface area contributed by atoms with Crippen LogP contribution in [0.25, 0.3) is 0 Å². The molecule has 0 aromatic carbocycles. The number of methoxy groups -OCH3 is 1. The summed E-state index contributed by atoms with van der Waals surface area (Å²) in [6, 6.07) is -1.10. The van der Waals surface area contributed by atoms with E-state index in [0.29, 0.717) is 0 Å². The third-order valence-corrected chi connectivity index (χ3v) is 4.89. The van der Waals surface area contributed by atoms with Crippen LogP contribution in [-0.4, -0.2) is 60.3 Å². The van der Waals surface area contributed by atoms with Crippen LogP contribution in [0.4, 0.5) is 0 Å². The van der Waals surface area contributed by atoms with Gasteiger partial charge >= 0.3 is 11.9 Å². The van der Waals surface area contributed by atoms with Gasteiger partial charge in [-0.05, 0) is 0 Å². The van der Waals surface area contributed by atoms with Crippen molar-refractivity contribution in [2.75, 3.05) is 24.5 Å². The summed E-state index contributed by atoms with van der Waals surface area (Å²) in [6.45, 7) is 0. The predicted molar refractivity (Wildman–Crippen MR) is 56.4 cm³/mol. The van der Waals surface area contributed by atoms with Crippen LogP contribution in [0.1, 0.15) is 0 Å². The summed E-state index contributed by atoms with van der Waals surface area (Å²) in [6.07, 6.45) is 0. The molecule has 0 aromatic heterocycles. The Bertz CT molecular complexity index is 392. The van der Waals surface area contributed by atoms with Gasteiger partial charge in [0.15, 0.2) is 5.75 Å². The summed E-state index contributed by atoms with van der Waals surface area (Å²) in [7, 11) is -2.83. The van der Waals surface area contributed by atoms with Gasteiger partial charge in [0.1, 0.15) is 6.04 Å².